The first kappa shape index (κ1) is 45.8. The second-order valence-electron chi connectivity index (χ2n) is 15.6. The standard InChI is InChI=1S/C33H48FN9O11P2SSi/c1-18(2)29(45)41-32-40-28-24(30(46)42-32)38-17-43(28)31-27(26(21(14-44)51-31)54-58(6,7)33(3,4)5)53-56(57,49-12-8-10-35)50-15-19-13-20(23(34)25(19)52-55(47)48)39-22-9-11-36-16-37-22/h9,11,16-21,23,25-27,31,44H,8,12-15H2,1-7H3,(H3-,36,37,39,40,41,42,45,46,47,48)/p+1/t19-,20-,21-,23+,25-,26-,27-,31-,56?/m1/s1. The number of carbonyl (C=O) groups excluding carboxylic acids is 1. The van der Waals surface area contributed by atoms with Crippen LogP contribution < -0.4 is 16.2 Å². The van der Waals surface area contributed by atoms with Crippen molar-refractivity contribution >= 4 is 63.9 Å². The van der Waals surface area contributed by atoms with Gasteiger partial charge in [0.1, 0.15) is 30.5 Å². The highest BCUT2D eigenvalue weighted by molar-refractivity contribution is 8.07. The third-order valence-electron chi connectivity index (χ3n) is 10.2. The van der Waals surface area contributed by atoms with E-state index in [1.54, 1.807) is 13.8 Å². The number of amides is 1. The predicted molar refractivity (Wildman–Crippen MR) is 213 cm³/mol. The topological polar surface area (TPSA) is 267 Å². The largest absolute Gasteiger partial charge is 0.695 e. The third-order valence-corrected chi connectivity index (χ3v) is 17.4. The Bertz CT molecular complexity index is 2070. The molecule has 58 heavy (non-hydrogen) atoms. The van der Waals surface area contributed by atoms with Gasteiger partial charge in [-0.3, -0.25) is 29.0 Å². The van der Waals surface area contributed by atoms with Gasteiger partial charge in [0, 0.05) is 22.6 Å². The number of halogens is 1. The Balaban J connectivity index is 1.53. The molecule has 3 aromatic rings. The van der Waals surface area contributed by atoms with Gasteiger partial charge in [-0.05, 0) is 42.4 Å². The molecule has 20 nitrogen and oxygen atoms in total. The molecule has 2 unspecified atom stereocenters. The summed E-state index contributed by atoms with van der Waals surface area (Å²) in [6.45, 7) is 8.22. The van der Waals surface area contributed by atoms with Crippen molar-refractivity contribution in [2.75, 3.05) is 30.5 Å². The molecule has 3 aromatic heterocycles. The van der Waals surface area contributed by atoms with E-state index in [0.29, 0.717) is 5.82 Å². The molecule has 5 N–H and O–H groups in total. The van der Waals surface area contributed by atoms with Gasteiger partial charge in [-0.1, -0.05) is 34.6 Å². The highest BCUT2D eigenvalue weighted by Crippen LogP contribution is 2.56. The number of aromatic nitrogens is 6. The second kappa shape index (κ2) is 19.0. The van der Waals surface area contributed by atoms with Crippen molar-refractivity contribution in [2.24, 2.45) is 11.8 Å². The maximum absolute atomic E-state index is 15.9. The molecule has 1 aliphatic heterocycles. The van der Waals surface area contributed by atoms with Gasteiger partial charge in [-0.2, -0.15) is 10.2 Å². The Hall–Kier alpha value is -3.23. The molecule has 4 heterocycles. The number of alkyl halides is 1. The first-order valence-corrected chi connectivity index (χ1v) is 25.0. The van der Waals surface area contributed by atoms with Crippen LogP contribution in [0.5, 0.6) is 0 Å². The van der Waals surface area contributed by atoms with Gasteiger partial charge in [-0.25, -0.2) is 19.3 Å². The molecule has 0 bridgehead atoms. The summed E-state index contributed by atoms with van der Waals surface area (Å²) in [5.74, 6) is -1.52. The fourth-order valence-electron chi connectivity index (χ4n) is 6.12. The Labute approximate surface area is 340 Å². The van der Waals surface area contributed by atoms with Gasteiger partial charge in [0.25, 0.3) is 5.56 Å². The SMILES string of the molecule is CC(C)C(=O)Nc1nc2c(ncn2[C@@H]2O[C@H](CO)[C@@H](O[Si](C)(C)C(C)(C)C)[C@H]2OP(=S)(OCCC#N)OC[C@H]2C[C@@H](Nc3ccncn3)[C@H](F)[C@@H]2O[P+](=O)O)c(=O)[nH]1. The van der Waals surface area contributed by atoms with E-state index in [9.17, 15) is 29.4 Å². The monoisotopic (exact) mass is 888 g/mol. The Morgan fingerprint density at radius 1 is 1.28 bits per heavy atom. The van der Waals surface area contributed by atoms with Crippen LogP contribution in [0.1, 0.15) is 53.7 Å². The van der Waals surface area contributed by atoms with Crippen molar-refractivity contribution in [2.45, 2.75) is 108 Å². The molecule has 5 rings (SSSR count). The number of hydrogen-bond acceptors (Lipinski definition) is 17. The molecule has 1 amide bonds. The van der Waals surface area contributed by atoms with E-state index in [2.05, 4.69) is 35.6 Å². The van der Waals surface area contributed by atoms with Gasteiger partial charge in [0.15, 0.2) is 38.0 Å². The normalized spacial score (nSPS) is 26.4. The fraction of sp³-hybridized carbons (Fsp3) is 0.667. The van der Waals surface area contributed by atoms with Crippen molar-refractivity contribution in [3.05, 3.63) is 35.3 Å². The summed E-state index contributed by atoms with van der Waals surface area (Å²) >= 11 is 5.97. The third kappa shape index (κ3) is 10.7. The molecule has 1 aliphatic carbocycles. The number of aliphatic hydroxyl groups is 1. The number of rotatable bonds is 18. The number of nitrogens with zero attached hydrogens (tertiary/aromatic N) is 6. The van der Waals surface area contributed by atoms with Crippen molar-refractivity contribution in [1.29, 1.82) is 5.26 Å². The predicted octanol–water partition coefficient (Wildman–Crippen LogP) is 4.21. The molecule has 0 radical (unpaired) electrons. The molecule has 1 saturated carbocycles. The van der Waals surface area contributed by atoms with Crippen molar-refractivity contribution in [1.82, 2.24) is 29.5 Å². The van der Waals surface area contributed by atoms with Crippen molar-refractivity contribution in [3.63, 3.8) is 0 Å². The van der Waals surface area contributed by atoms with Gasteiger partial charge in [0.2, 0.25) is 11.9 Å². The van der Waals surface area contributed by atoms with E-state index < -0.39 is 96.1 Å². The molecule has 2 fully saturated rings. The molecular weight excluding hydrogens is 840 g/mol. The number of aromatic amines is 1. The maximum atomic E-state index is 15.9. The van der Waals surface area contributed by atoms with Crippen LogP contribution in [0.3, 0.4) is 0 Å². The molecule has 25 heteroatoms. The quantitative estimate of drug-likeness (QED) is 0.0680. The minimum absolute atomic E-state index is 0.00836. The molecule has 0 aromatic carbocycles. The number of anilines is 2. The highest BCUT2D eigenvalue weighted by atomic mass is 32.5. The minimum atomic E-state index is -4.02. The van der Waals surface area contributed by atoms with Crippen molar-refractivity contribution < 1.29 is 51.0 Å². The van der Waals surface area contributed by atoms with Crippen LogP contribution in [0.4, 0.5) is 16.2 Å². The van der Waals surface area contributed by atoms with Gasteiger partial charge in [0.05, 0.1) is 44.7 Å². The molecule has 10 atom stereocenters. The van der Waals surface area contributed by atoms with E-state index in [1.165, 1.54) is 29.5 Å². The molecular formula is C33H49FN9O11P2SSi+. The number of nitrogens with one attached hydrogen (secondary N) is 3. The Kier molecular flexibility index (Phi) is 15.0. The summed E-state index contributed by atoms with van der Waals surface area (Å²) in [4.78, 5) is 54.5. The number of nitriles is 1. The average Bonchev–Trinajstić information content (AvgIpc) is 3.80. The maximum Gasteiger partial charge on any atom is 0.695 e. The zero-order valence-corrected chi connectivity index (χ0v) is 36.6. The van der Waals surface area contributed by atoms with Crippen LogP contribution >= 0.6 is 15.0 Å². The second-order valence-corrected chi connectivity index (χ2v) is 24.0. The average molecular weight is 889 g/mol. The zero-order chi connectivity index (χ0) is 42.6. The van der Waals surface area contributed by atoms with E-state index in [1.807, 2.05) is 39.9 Å². The first-order valence-electron chi connectivity index (χ1n) is 18.4. The van der Waals surface area contributed by atoms with Crippen LogP contribution in [-0.4, -0.2) is 110 Å². The first-order chi connectivity index (χ1) is 27.3. The summed E-state index contributed by atoms with van der Waals surface area (Å²) in [6, 6.07) is 2.60. The number of carbonyl (C=O) groups is 1. The molecule has 318 valence electrons. The number of fused-ring (bicyclic) bond motifs is 1. The summed E-state index contributed by atoms with van der Waals surface area (Å²) in [5.41, 5.74) is -0.762. The Morgan fingerprint density at radius 2 is 2.02 bits per heavy atom. The van der Waals surface area contributed by atoms with E-state index in [-0.39, 0.29) is 48.2 Å². The van der Waals surface area contributed by atoms with Crippen LogP contribution in [0.25, 0.3) is 11.2 Å². The van der Waals surface area contributed by atoms with Crippen LogP contribution in [0.2, 0.25) is 18.1 Å². The highest BCUT2D eigenvalue weighted by Gasteiger charge is 2.55. The lowest BCUT2D eigenvalue weighted by Crippen LogP contribution is -2.50. The van der Waals surface area contributed by atoms with Crippen LogP contribution in [-0.2, 0) is 48.4 Å². The van der Waals surface area contributed by atoms with Crippen molar-refractivity contribution in [3.8, 4) is 6.07 Å². The van der Waals surface area contributed by atoms with E-state index in [0.717, 1.165) is 0 Å². The molecule has 1 saturated heterocycles. The summed E-state index contributed by atoms with van der Waals surface area (Å²) in [5, 5.41) is 25.3. The molecule has 2 aliphatic rings. The number of imidazole rings is 1. The van der Waals surface area contributed by atoms with Crippen LogP contribution in [0, 0.1) is 23.2 Å². The fourth-order valence-corrected chi connectivity index (χ4v) is 10.0. The number of H-pyrrole nitrogens is 1. The van der Waals surface area contributed by atoms with E-state index in [4.69, 9.17) is 39.1 Å². The minimum Gasteiger partial charge on any atom is -0.408 e. The number of aliphatic hydroxyl groups excluding tert-OH is 1. The lowest BCUT2D eigenvalue weighted by molar-refractivity contribution is -0.118. The van der Waals surface area contributed by atoms with Crippen LogP contribution in [0.15, 0.2) is 29.7 Å². The number of ether oxygens (including phenoxy) is 1. The Morgan fingerprint density at radius 3 is 2.64 bits per heavy atom. The lowest BCUT2D eigenvalue weighted by Gasteiger charge is -2.41. The molecule has 0 spiro atoms. The summed E-state index contributed by atoms with van der Waals surface area (Å²) < 4.78 is 66.4. The lowest BCUT2D eigenvalue weighted by atomic mass is 10.1. The van der Waals surface area contributed by atoms with Gasteiger partial charge >= 0.3 is 15.0 Å². The van der Waals surface area contributed by atoms with Gasteiger partial charge < -0.3 is 28.6 Å². The van der Waals surface area contributed by atoms with Gasteiger partial charge in [-0.15, -0.1) is 9.42 Å². The zero-order valence-electron chi connectivity index (χ0n) is 33.0. The van der Waals surface area contributed by atoms with E-state index >= 15 is 4.39 Å². The summed E-state index contributed by atoms with van der Waals surface area (Å²) in [7, 11) is -5.92. The smallest absolute Gasteiger partial charge is 0.408 e. The summed E-state index contributed by atoms with van der Waals surface area (Å²) in [6.07, 6.45) is -3.79. The number of hydrogen-bond donors (Lipinski definition) is 5.